The highest BCUT2D eigenvalue weighted by atomic mass is 32.1. The van der Waals surface area contributed by atoms with Crippen LogP contribution in [-0.2, 0) is 5.41 Å². The van der Waals surface area contributed by atoms with Crippen molar-refractivity contribution >= 4 is 74.6 Å². The summed E-state index contributed by atoms with van der Waals surface area (Å²) in [6, 6.07) is 68.3. The summed E-state index contributed by atoms with van der Waals surface area (Å²) in [5.41, 5.74) is 13.0. The molecule has 56 heavy (non-hydrogen) atoms. The average molecular weight is 729 g/mol. The van der Waals surface area contributed by atoms with Gasteiger partial charge in [-0.05, 0) is 135 Å². The van der Waals surface area contributed by atoms with Crippen LogP contribution in [0.15, 0.2) is 182 Å². The van der Waals surface area contributed by atoms with Crippen molar-refractivity contribution in [3.8, 4) is 44.5 Å². The largest absolute Gasteiger partial charge is 0.135 e. The van der Waals surface area contributed by atoms with E-state index >= 15 is 0 Å². The van der Waals surface area contributed by atoms with Crippen LogP contribution in [0.1, 0.15) is 25.0 Å². The second-order valence-corrected chi connectivity index (χ2v) is 17.1. The maximum Gasteiger partial charge on any atom is 0.0362 e. The first-order chi connectivity index (χ1) is 27.5. The molecule has 1 aromatic heterocycles. The molecule has 1 heterocycles. The van der Waals surface area contributed by atoms with E-state index in [4.69, 9.17) is 0 Å². The van der Waals surface area contributed by atoms with Crippen LogP contribution in [0.3, 0.4) is 0 Å². The molecule has 10 aromatic carbocycles. The Morgan fingerprint density at radius 2 is 0.893 bits per heavy atom. The summed E-state index contributed by atoms with van der Waals surface area (Å²) in [6.07, 6.45) is 0. The van der Waals surface area contributed by atoms with Crippen molar-refractivity contribution in [1.29, 1.82) is 0 Å². The Balaban J connectivity index is 1.00. The van der Waals surface area contributed by atoms with E-state index in [1.54, 1.807) is 0 Å². The molecule has 0 bridgehead atoms. The van der Waals surface area contributed by atoms with Crippen LogP contribution in [-0.4, -0.2) is 0 Å². The Morgan fingerprint density at radius 3 is 1.62 bits per heavy atom. The first-order valence-electron chi connectivity index (χ1n) is 19.6. The van der Waals surface area contributed by atoms with Gasteiger partial charge < -0.3 is 0 Å². The third-order valence-electron chi connectivity index (χ3n) is 12.6. The average Bonchev–Trinajstić information content (AvgIpc) is 3.72. The SMILES string of the molecule is CC1(C)c2cc(-c3cccc(-c4c5ccccc5c(-c5ccc6ccccc6c5)c5ccccc45)c3)ccc2-c2cc3sc4ccc5ccccc5c4c3cc21. The van der Waals surface area contributed by atoms with E-state index in [-0.39, 0.29) is 5.41 Å². The fourth-order valence-corrected chi connectivity index (χ4v) is 11.0. The summed E-state index contributed by atoms with van der Waals surface area (Å²) in [6.45, 7) is 4.82. The Bertz CT molecular complexity index is 3390. The molecule has 0 atom stereocenters. The van der Waals surface area contributed by atoms with E-state index < -0.39 is 0 Å². The Labute approximate surface area is 329 Å². The second kappa shape index (κ2) is 11.7. The van der Waals surface area contributed by atoms with Gasteiger partial charge in [-0.3, -0.25) is 0 Å². The van der Waals surface area contributed by atoms with Gasteiger partial charge in [0.2, 0.25) is 0 Å². The lowest BCUT2D eigenvalue weighted by Gasteiger charge is -2.22. The zero-order valence-electron chi connectivity index (χ0n) is 31.2. The standard InChI is InChI=1S/C55H36S/c1-55(2)48-30-37(24-26-41(48)46-32-51-47(31-49(46)55)54-40-17-6-5-13-34(40)25-27-50(54)56-51)36-15-11-16-38(29-36)52-42-18-7-9-20-44(42)53(45-21-10-8-19-43(45)52)39-23-22-33-12-3-4-14-35(33)28-39/h3-32H,1-2H3. The number of fused-ring (bicyclic) bond motifs is 11. The second-order valence-electron chi connectivity index (χ2n) is 16.0. The van der Waals surface area contributed by atoms with E-state index in [9.17, 15) is 0 Å². The molecule has 0 radical (unpaired) electrons. The summed E-state index contributed by atoms with van der Waals surface area (Å²) in [5, 5.41) is 13.0. The summed E-state index contributed by atoms with van der Waals surface area (Å²) in [5.74, 6) is 0. The monoisotopic (exact) mass is 728 g/mol. The topological polar surface area (TPSA) is 0 Å². The zero-order valence-corrected chi connectivity index (χ0v) is 32.0. The van der Waals surface area contributed by atoms with Crippen LogP contribution in [0.25, 0.3) is 108 Å². The van der Waals surface area contributed by atoms with E-state index in [1.165, 1.54) is 119 Å². The zero-order chi connectivity index (χ0) is 37.1. The molecule has 1 aliphatic carbocycles. The Kier molecular flexibility index (Phi) is 6.66. The fraction of sp³-hybridized carbons (Fsp3) is 0.0545. The van der Waals surface area contributed by atoms with Gasteiger partial charge in [-0.15, -0.1) is 11.3 Å². The van der Waals surface area contributed by atoms with Crippen LogP contribution >= 0.6 is 11.3 Å². The highest BCUT2D eigenvalue weighted by molar-refractivity contribution is 7.26. The minimum atomic E-state index is -0.129. The predicted octanol–water partition coefficient (Wildman–Crippen LogP) is 16.0. The molecule has 12 rings (SSSR count). The molecule has 0 fully saturated rings. The summed E-state index contributed by atoms with van der Waals surface area (Å²) in [7, 11) is 0. The minimum absolute atomic E-state index is 0.129. The lowest BCUT2D eigenvalue weighted by Crippen LogP contribution is -2.15. The molecule has 0 spiro atoms. The molecular weight excluding hydrogens is 693 g/mol. The number of benzene rings is 10. The minimum Gasteiger partial charge on any atom is -0.135 e. The van der Waals surface area contributed by atoms with Crippen LogP contribution in [0.2, 0.25) is 0 Å². The molecule has 0 aliphatic heterocycles. The third-order valence-corrected chi connectivity index (χ3v) is 13.7. The molecule has 11 aromatic rings. The van der Waals surface area contributed by atoms with Gasteiger partial charge in [0.25, 0.3) is 0 Å². The van der Waals surface area contributed by atoms with Crippen LogP contribution in [0, 0.1) is 0 Å². The molecule has 0 N–H and O–H groups in total. The van der Waals surface area contributed by atoms with Gasteiger partial charge in [0.15, 0.2) is 0 Å². The molecular formula is C55H36S. The van der Waals surface area contributed by atoms with Crippen molar-refractivity contribution in [1.82, 2.24) is 0 Å². The van der Waals surface area contributed by atoms with E-state index in [1.807, 2.05) is 11.3 Å². The van der Waals surface area contributed by atoms with Crippen molar-refractivity contribution in [2.45, 2.75) is 19.3 Å². The van der Waals surface area contributed by atoms with Gasteiger partial charge in [0.05, 0.1) is 0 Å². The predicted molar refractivity (Wildman–Crippen MR) is 243 cm³/mol. The normalized spacial score (nSPS) is 13.3. The van der Waals surface area contributed by atoms with Gasteiger partial charge in [-0.2, -0.15) is 0 Å². The maximum atomic E-state index is 2.51. The summed E-state index contributed by atoms with van der Waals surface area (Å²) >= 11 is 1.92. The molecule has 0 nitrogen and oxygen atoms in total. The first-order valence-corrected chi connectivity index (χ1v) is 20.4. The third kappa shape index (κ3) is 4.53. The lowest BCUT2D eigenvalue weighted by molar-refractivity contribution is 0.661. The number of thiophene rings is 1. The molecule has 262 valence electrons. The van der Waals surface area contributed by atoms with Gasteiger partial charge in [0.1, 0.15) is 0 Å². The highest BCUT2D eigenvalue weighted by Crippen LogP contribution is 2.53. The number of hydrogen-bond donors (Lipinski definition) is 0. The lowest BCUT2D eigenvalue weighted by atomic mass is 9.81. The number of rotatable bonds is 3. The molecule has 1 aliphatic rings. The molecule has 0 unspecified atom stereocenters. The van der Waals surface area contributed by atoms with Crippen molar-refractivity contribution in [2.75, 3.05) is 0 Å². The molecule has 0 saturated carbocycles. The number of hydrogen-bond acceptors (Lipinski definition) is 1. The van der Waals surface area contributed by atoms with Gasteiger partial charge in [-0.1, -0.05) is 159 Å². The van der Waals surface area contributed by atoms with E-state index in [0.717, 1.165) is 0 Å². The quantitative estimate of drug-likeness (QED) is 0.159. The smallest absolute Gasteiger partial charge is 0.0362 e. The molecule has 0 amide bonds. The Hall–Kier alpha value is -6.54. The Morgan fingerprint density at radius 1 is 0.339 bits per heavy atom. The van der Waals surface area contributed by atoms with Crippen molar-refractivity contribution in [2.24, 2.45) is 0 Å². The molecule has 1 heteroatoms. The highest BCUT2D eigenvalue weighted by Gasteiger charge is 2.36. The first kappa shape index (κ1) is 31.8. The fourth-order valence-electron chi connectivity index (χ4n) is 9.90. The van der Waals surface area contributed by atoms with Crippen molar-refractivity contribution < 1.29 is 0 Å². The van der Waals surface area contributed by atoms with Crippen LogP contribution < -0.4 is 0 Å². The maximum absolute atomic E-state index is 2.51. The van der Waals surface area contributed by atoms with Gasteiger partial charge in [-0.25, -0.2) is 0 Å². The van der Waals surface area contributed by atoms with Crippen LogP contribution in [0.5, 0.6) is 0 Å². The van der Waals surface area contributed by atoms with Crippen molar-refractivity contribution in [3.05, 3.63) is 193 Å². The van der Waals surface area contributed by atoms with Gasteiger partial charge in [0, 0.05) is 25.6 Å². The summed E-state index contributed by atoms with van der Waals surface area (Å²) in [4.78, 5) is 0. The van der Waals surface area contributed by atoms with Gasteiger partial charge >= 0.3 is 0 Å². The van der Waals surface area contributed by atoms with Crippen LogP contribution in [0.4, 0.5) is 0 Å². The summed E-state index contributed by atoms with van der Waals surface area (Å²) < 4.78 is 2.72. The van der Waals surface area contributed by atoms with Crippen molar-refractivity contribution in [3.63, 3.8) is 0 Å². The molecule has 0 saturated heterocycles. The van der Waals surface area contributed by atoms with E-state index in [2.05, 4.69) is 196 Å². The van der Waals surface area contributed by atoms with E-state index in [0.29, 0.717) is 0 Å².